The molecule has 2 unspecified atom stereocenters. The zero-order valence-electron chi connectivity index (χ0n) is 17.6. The van der Waals surface area contributed by atoms with Gasteiger partial charge in [0.2, 0.25) is 0 Å². The van der Waals surface area contributed by atoms with Crippen molar-refractivity contribution < 1.29 is 19.7 Å². The third-order valence-electron chi connectivity index (χ3n) is 5.04. The van der Waals surface area contributed by atoms with Crippen molar-refractivity contribution in [1.82, 2.24) is 0 Å². The quantitative estimate of drug-likeness (QED) is 0.270. The fourth-order valence-corrected chi connectivity index (χ4v) is 3.22. The largest absolute Gasteiger partial charge is 0.394 e. The van der Waals surface area contributed by atoms with Gasteiger partial charge in [0.15, 0.2) is 0 Å². The van der Waals surface area contributed by atoms with Gasteiger partial charge in [-0.2, -0.15) is 0 Å². The molecule has 0 bridgehead atoms. The van der Waals surface area contributed by atoms with Crippen molar-refractivity contribution in [2.75, 3.05) is 26.9 Å². The number of methoxy groups -OCH3 is 1. The van der Waals surface area contributed by atoms with E-state index >= 15 is 0 Å². The highest BCUT2D eigenvalue weighted by Gasteiger charge is 2.09. The van der Waals surface area contributed by atoms with Crippen LogP contribution in [0.15, 0.2) is 0 Å². The van der Waals surface area contributed by atoms with E-state index in [-0.39, 0.29) is 19.3 Å². The standard InChI is InChI=1S/C22H46O4/c1-3-4-5-6-7-8-9-10-11-12-13-14-15-16-17-22(25-2)20-26-19-21(24)18-23/h21-24H,3-20H2,1-2H3. The lowest BCUT2D eigenvalue weighted by Crippen LogP contribution is -2.24. The van der Waals surface area contributed by atoms with E-state index in [9.17, 15) is 5.11 Å². The van der Waals surface area contributed by atoms with Crippen molar-refractivity contribution in [3.8, 4) is 0 Å². The molecule has 0 heterocycles. The average Bonchev–Trinajstić information content (AvgIpc) is 2.66. The Morgan fingerprint density at radius 1 is 0.692 bits per heavy atom. The molecule has 0 aromatic rings. The van der Waals surface area contributed by atoms with Gasteiger partial charge < -0.3 is 19.7 Å². The first-order valence-electron chi connectivity index (χ1n) is 11.1. The van der Waals surface area contributed by atoms with Crippen molar-refractivity contribution >= 4 is 0 Å². The van der Waals surface area contributed by atoms with Crippen molar-refractivity contribution in [3.05, 3.63) is 0 Å². The monoisotopic (exact) mass is 374 g/mol. The molecule has 2 atom stereocenters. The SMILES string of the molecule is CCCCCCCCCCCCCCCCC(COCC(O)CO)OC. The lowest BCUT2D eigenvalue weighted by Gasteiger charge is -2.16. The molecule has 0 radical (unpaired) electrons. The highest BCUT2D eigenvalue weighted by molar-refractivity contribution is 4.59. The van der Waals surface area contributed by atoms with Crippen LogP contribution in [0, 0.1) is 0 Å². The number of ether oxygens (including phenoxy) is 2. The normalized spacial score (nSPS) is 13.8. The summed E-state index contributed by atoms with van der Waals surface area (Å²) in [4.78, 5) is 0. The summed E-state index contributed by atoms with van der Waals surface area (Å²) in [6.07, 6.45) is 19.5. The van der Waals surface area contributed by atoms with Crippen LogP contribution < -0.4 is 0 Å². The first kappa shape index (κ1) is 25.8. The third kappa shape index (κ3) is 18.6. The number of unbranched alkanes of at least 4 members (excludes halogenated alkanes) is 13. The molecule has 0 spiro atoms. The Labute approximate surface area is 162 Å². The van der Waals surface area contributed by atoms with Gasteiger partial charge in [-0.25, -0.2) is 0 Å². The van der Waals surface area contributed by atoms with Gasteiger partial charge in [0.25, 0.3) is 0 Å². The van der Waals surface area contributed by atoms with Gasteiger partial charge in [0.1, 0.15) is 6.10 Å². The minimum Gasteiger partial charge on any atom is -0.394 e. The van der Waals surface area contributed by atoms with Gasteiger partial charge in [0, 0.05) is 7.11 Å². The van der Waals surface area contributed by atoms with Crippen molar-refractivity contribution in [3.63, 3.8) is 0 Å². The zero-order valence-corrected chi connectivity index (χ0v) is 17.6. The van der Waals surface area contributed by atoms with Gasteiger partial charge in [-0.3, -0.25) is 0 Å². The molecule has 0 aliphatic carbocycles. The number of hydrogen-bond acceptors (Lipinski definition) is 4. The Bertz CT molecular complexity index is 261. The molecule has 0 saturated carbocycles. The molecule has 158 valence electrons. The summed E-state index contributed by atoms with van der Waals surface area (Å²) >= 11 is 0. The molecule has 0 rings (SSSR count). The minimum atomic E-state index is -0.784. The highest BCUT2D eigenvalue weighted by atomic mass is 16.5. The van der Waals surface area contributed by atoms with E-state index in [0.717, 1.165) is 6.42 Å². The molecule has 0 aromatic carbocycles. The second kappa shape index (κ2) is 21.1. The lowest BCUT2D eigenvalue weighted by molar-refractivity contribution is -0.0381. The van der Waals surface area contributed by atoms with Gasteiger partial charge in [-0.05, 0) is 6.42 Å². The van der Waals surface area contributed by atoms with E-state index in [1.54, 1.807) is 7.11 Å². The van der Waals surface area contributed by atoms with Crippen LogP contribution in [0.4, 0.5) is 0 Å². The summed E-state index contributed by atoms with van der Waals surface area (Å²) < 4.78 is 10.8. The Morgan fingerprint density at radius 2 is 1.15 bits per heavy atom. The molecule has 0 aliphatic heterocycles. The summed E-state index contributed by atoms with van der Waals surface area (Å²) in [6, 6.07) is 0. The van der Waals surface area contributed by atoms with Crippen molar-refractivity contribution in [2.24, 2.45) is 0 Å². The van der Waals surface area contributed by atoms with Gasteiger partial charge in [-0.15, -0.1) is 0 Å². The lowest BCUT2D eigenvalue weighted by atomic mass is 10.0. The van der Waals surface area contributed by atoms with Crippen LogP contribution in [0.1, 0.15) is 103 Å². The maximum Gasteiger partial charge on any atom is 0.100 e. The molecule has 0 fully saturated rings. The Hall–Kier alpha value is -0.160. The predicted molar refractivity (Wildman–Crippen MR) is 110 cm³/mol. The summed E-state index contributed by atoms with van der Waals surface area (Å²) in [7, 11) is 1.71. The van der Waals surface area contributed by atoms with Gasteiger partial charge in [0.05, 0.1) is 25.9 Å². The molecule has 2 N–H and O–H groups in total. The molecule has 0 aromatic heterocycles. The van der Waals surface area contributed by atoms with Gasteiger partial charge in [-0.1, -0.05) is 96.8 Å². The van der Waals surface area contributed by atoms with Crippen LogP contribution in [-0.2, 0) is 9.47 Å². The van der Waals surface area contributed by atoms with E-state index in [2.05, 4.69) is 6.92 Å². The van der Waals surface area contributed by atoms with Crippen LogP contribution in [-0.4, -0.2) is 49.4 Å². The number of aliphatic hydroxyl groups excluding tert-OH is 2. The molecule has 0 saturated heterocycles. The van der Waals surface area contributed by atoms with Crippen LogP contribution in [0.5, 0.6) is 0 Å². The maximum atomic E-state index is 9.24. The predicted octanol–water partition coefficient (Wildman–Crippen LogP) is 5.24. The van der Waals surface area contributed by atoms with Crippen molar-refractivity contribution in [2.45, 2.75) is 115 Å². The average molecular weight is 375 g/mol. The summed E-state index contributed by atoms with van der Waals surface area (Å²) in [5.41, 5.74) is 0. The Balaban J connectivity index is 3.26. The Morgan fingerprint density at radius 3 is 1.58 bits per heavy atom. The van der Waals surface area contributed by atoms with Crippen LogP contribution in [0.2, 0.25) is 0 Å². The summed E-state index contributed by atoms with van der Waals surface area (Å²) in [5, 5.41) is 18.0. The molecule has 26 heavy (non-hydrogen) atoms. The summed E-state index contributed by atoms with van der Waals surface area (Å²) in [6.45, 7) is 2.69. The number of hydrogen-bond donors (Lipinski definition) is 2. The van der Waals surface area contributed by atoms with Crippen LogP contribution >= 0.6 is 0 Å². The first-order chi connectivity index (χ1) is 12.7. The van der Waals surface area contributed by atoms with Crippen LogP contribution in [0.25, 0.3) is 0 Å². The topological polar surface area (TPSA) is 58.9 Å². The van der Waals surface area contributed by atoms with Crippen molar-refractivity contribution in [1.29, 1.82) is 0 Å². The summed E-state index contributed by atoms with van der Waals surface area (Å²) in [5.74, 6) is 0. The molecule has 0 amide bonds. The highest BCUT2D eigenvalue weighted by Crippen LogP contribution is 2.14. The van der Waals surface area contributed by atoms with E-state index in [1.165, 1.54) is 89.9 Å². The zero-order chi connectivity index (χ0) is 19.3. The second-order valence-electron chi connectivity index (χ2n) is 7.62. The maximum absolute atomic E-state index is 9.24. The molecule has 4 nitrogen and oxygen atoms in total. The van der Waals surface area contributed by atoms with E-state index in [4.69, 9.17) is 14.6 Å². The minimum absolute atomic E-state index is 0.0956. The molecular weight excluding hydrogens is 328 g/mol. The van der Waals surface area contributed by atoms with E-state index in [0.29, 0.717) is 6.61 Å². The third-order valence-corrected chi connectivity index (χ3v) is 5.04. The first-order valence-corrected chi connectivity index (χ1v) is 11.1. The fourth-order valence-electron chi connectivity index (χ4n) is 3.22. The molecular formula is C22H46O4. The van der Waals surface area contributed by atoms with Gasteiger partial charge >= 0.3 is 0 Å². The van der Waals surface area contributed by atoms with E-state index in [1.807, 2.05) is 0 Å². The Kier molecular flexibility index (Phi) is 21.0. The second-order valence-corrected chi connectivity index (χ2v) is 7.62. The number of aliphatic hydroxyl groups is 2. The molecule has 4 heteroatoms. The molecule has 0 aliphatic rings. The fraction of sp³-hybridized carbons (Fsp3) is 1.00. The van der Waals surface area contributed by atoms with Crippen LogP contribution in [0.3, 0.4) is 0 Å². The van der Waals surface area contributed by atoms with E-state index < -0.39 is 6.10 Å². The number of rotatable bonds is 21. The smallest absolute Gasteiger partial charge is 0.100 e.